The summed E-state index contributed by atoms with van der Waals surface area (Å²) < 4.78 is 12.0. The summed E-state index contributed by atoms with van der Waals surface area (Å²) in [6, 6.07) is 3.72. The van der Waals surface area contributed by atoms with Crippen LogP contribution in [0.1, 0.15) is 27.6 Å². The van der Waals surface area contributed by atoms with Gasteiger partial charge in [0.05, 0.1) is 25.1 Å². The lowest BCUT2D eigenvalue weighted by atomic mass is 9.96. The number of hydrogen-bond acceptors (Lipinski definition) is 4. The Labute approximate surface area is 131 Å². The fourth-order valence-corrected chi connectivity index (χ4v) is 3.78. The van der Waals surface area contributed by atoms with E-state index in [1.54, 1.807) is 25.6 Å². The van der Waals surface area contributed by atoms with Crippen molar-refractivity contribution in [2.45, 2.75) is 19.9 Å². The molecule has 0 amide bonds. The van der Waals surface area contributed by atoms with E-state index in [9.17, 15) is 0 Å². The van der Waals surface area contributed by atoms with Crippen molar-refractivity contribution in [1.82, 2.24) is 0 Å². The highest BCUT2D eigenvalue weighted by Gasteiger charge is 2.23. The zero-order valence-corrected chi connectivity index (χ0v) is 14.4. The first kappa shape index (κ1) is 15.4. The van der Waals surface area contributed by atoms with E-state index in [2.05, 4.69) is 22.0 Å². The second kappa shape index (κ2) is 6.16. The molecule has 1 unspecified atom stereocenters. The molecule has 3 nitrogen and oxygen atoms in total. The molecule has 0 saturated heterocycles. The number of ether oxygens (including phenoxy) is 2. The molecule has 1 aromatic heterocycles. The Morgan fingerprint density at radius 1 is 1.25 bits per heavy atom. The van der Waals surface area contributed by atoms with Gasteiger partial charge in [-0.1, -0.05) is 15.9 Å². The van der Waals surface area contributed by atoms with E-state index in [1.807, 2.05) is 25.3 Å². The molecule has 0 bridgehead atoms. The number of nitrogens with two attached hydrogens (primary N) is 1. The maximum atomic E-state index is 6.48. The summed E-state index contributed by atoms with van der Waals surface area (Å²) in [4.78, 5) is 1.01. The number of methoxy groups -OCH3 is 2. The molecule has 0 aliphatic rings. The summed E-state index contributed by atoms with van der Waals surface area (Å²) in [5, 5.41) is 1.99. The van der Waals surface area contributed by atoms with Crippen LogP contribution in [-0.2, 0) is 0 Å². The molecule has 2 rings (SSSR count). The molecule has 0 fully saturated rings. The van der Waals surface area contributed by atoms with Crippen LogP contribution in [0.2, 0.25) is 0 Å². The molecule has 20 heavy (non-hydrogen) atoms. The average molecular weight is 356 g/mol. The van der Waals surface area contributed by atoms with Crippen LogP contribution < -0.4 is 15.2 Å². The maximum absolute atomic E-state index is 6.48. The fraction of sp³-hybridized carbons (Fsp3) is 0.333. The molecular weight excluding hydrogens is 338 g/mol. The summed E-state index contributed by atoms with van der Waals surface area (Å²) in [6.45, 7) is 4.06. The molecule has 0 spiro atoms. The fourth-order valence-electron chi connectivity index (χ4n) is 2.36. The molecule has 2 N–H and O–H groups in total. The van der Waals surface area contributed by atoms with Crippen molar-refractivity contribution >= 4 is 27.3 Å². The number of benzene rings is 1. The van der Waals surface area contributed by atoms with E-state index < -0.39 is 0 Å². The zero-order chi connectivity index (χ0) is 14.9. The smallest absolute Gasteiger partial charge is 0.134 e. The molecule has 108 valence electrons. The molecule has 2 aromatic rings. The van der Waals surface area contributed by atoms with E-state index >= 15 is 0 Å². The molecule has 1 atom stereocenters. The van der Waals surface area contributed by atoms with Crippen LogP contribution in [0.25, 0.3) is 0 Å². The molecule has 0 radical (unpaired) electrons. The van der Waals surface area contributed by atoms with E-state index in [0.29, 0.717) is 0 Å². The first-order valence-electron chi connectivity index (χ1n) is 6.21. The van der Waals surface area contributed by atoms with Crippen molar-refractivity contribution in [3.63, 3.8) is 0 Å². The predicted molar refractivity (Wildman–Crippen MR) is 87.1 cm³/mol. The lowest BCUT2D eigenvalue weighted by Gasteiger charge is -2.21. The van der Waals surface area contributed by atoms with E-state index in [-0.39, 0.29) is 6.04 Å². The number of thiophene rings is 1. The molecule has 0 saturated carbocycles. The summed E-state index contributed by atoms with van der Waals surface area (Å²) in [6.07, 6.45) is 0. The molecule has 0 aliphatic carbocycles. The monoisotopic (exact) mass is 355 g/mol. The Kier molecular flexibility index (Phi) is 4.73. The Morgan fingerprint density at radius 3 is 2.55 bits per heavy atom. The third-order valence-electron chi connectivity index (χ3n) is 3.38. The van der Waals surface area contributed by atoms with Gasteiger partial charge in [0.25, 0.3) is 0 Å². The van der Waals surface area contributed by atoms with Gasteiger partial charge in [0.2, 0.25) is 0 Å². The highest BCUT2D eigenvalue weighted by atomic mass is 79.9. The first-order valence-corrected chi connectivity index (χ1v) is 7.89. The Bertz CT molecular complexity index is 625. The molecule has 1 heterocycles. The van der Waals surface area contributed by atoms with Gasteiger partial charge in [-0.05, 0) is 42.5 Å². The van der Waals surface area contributed by atoms with Crippen LogP contribution in [0.15, 0.2) is 22.0 Å². The molecular formula is C15H18BrNO2S. The summed E-state index contributed by atoms with van der Waals surface area (Å²) >= 11 is 5.18. The van der Waals surface area contributed by atoms with Gasteiger partial charge in [-0.25, -0.2) is 0 Å². The van der Waals surface area contributed by atoms with Crippen molar-refractivity contribution in [3.05, 3.63) is 43.6 Å². The zero-order valence-electron chi connectivity index (χ0n) is 12.0. The van der Waals surface area contributed by atoms with Crippen molar-refractivity contribution in [3.8, 4) is 11.5 Å². The Morgan fingerprint density at radius 2 is 1.95 bits per heavy atom. The van der Waals surface area contributed by atoms with Gasteiger partial charge < -0.3 is 15.2 Å². The number of aryl methyl sites for hydroxylation is 1. The van der Waals surface area contributed by atoms with Crippen molar-refractivity contribution in [2.75, 3.05) is 14.2 Å². The minimum Gasteiger partial charge on any atom is -0.496 e. The van der Waals surface area contributed by atoms with E-state index in [1.165, 1.54) is 0 Å². The van der Waals surface area contributed by atoms with Gasteiger partial charge in [0.1, 0.15) is 11.5 Å². The van der Waals surface area contributed by atoms with Gasteiger partial charge in [-0.15, -0.1) is 11.3 Å². The largest absolute Gasteiger partial charge is 0.496 e. The van der Waals surface area contributed by atoms with Crippen LogP contribution >= 0.6 is 27.3 Å². The molecule has 1 aromatic carbocycles. The summed E-state index contributed by atoms with van der Waals surface area (Å²) in [5.41, 5.74) is 9.64. The van der Waals surface area contributed by atoms with Crippen LogP contribution in [0.5, 0.6) is 11.5 Å². The first-order chi connectivity index (χ1) is 9.51. The lowest BCUT2D eigenvalue weighted by molar-refractivity contribution is 0.399. The quantitative estimate of drug-likeness (QED) is 0.893. The SMILES string of the molecule is COc1ccsc1C(N)c1c(C)c(Br)cc(C)c1OC. The highest BCUT2D eigenvalue weighted by Crippen LogP contribution is 2.41. The second-order valence-corrected chi connectivity index (χ2v) is 6.38. The van der Waals surface area contributed by atoms with Crippen LogP contribution in [0, 0.1) is 13.8 Å². The second-order valence-electron chi connectivity index (χ2n) is 4.58. The van der Waals surface area contributed by atoms with Crippen molar-refractivity contribution in [2.24, 2.45) is 5.73 Å². The maximum Gasteiger partial charge on any atom is 0.134 e. The standard InChI is InChI=1S/C15H18BrNO2S/c1-8-7-10(16)9(2)12(14(8)19-4)13(17)15-11(18-3)5-6-20-15/h5-7,13H,17H2,1-4H3. The minimum atomic E-state index is -0.268. The molecule has 0 aliphatic heterocycles. The normalized spacial score (nSPS) is 12.3. The predicted octanol–water partition coefficient (Wildman–Crippen LogP) is 4.19. The van der Waals surface area contributed by atoms with Crippen LogP contribution in [0.3, 0.4) is 0 Å². The minimum absolute atomic E-state index is 0.268. The van der Waals surface area contributed by atoms with Crippen LogP contribution in [0.4, 0.5) is 0 Å². The van der Waals surface area contributed by atoms with Crippen molar-refractivity contribution < 1.29 is 9.47 Å². The highest BCUT2D eigenvalue weighted by molar-refractivity contribution is 9.10. The Hall–Kier alpha value is -1.04. The third-order valence-corrected chi connectivity index (χ3v) is 5.19. The summed E-state index contributed by atoms with van der Waals surface area (Å²) in [5.74, 6) is 1.66. The van der Waals surface area contributed by atoms with Gasteiger partial charge >= 0.3 is 0 Å². The van der Waals surface area contributed by atoms with Gasteiger partial charge in [-0.3, -0.25) is 0 Å². The Balaban J connectivity index is 2.62. The third kappa shape index (κ3) is 2.57. The van der Waals surface area contributed by atoms with E-state index in [4.69, 9.17) is 15.2 Å². The van der Waals surface area contributed by atoms with Gasteiger partial charge in [0, 0.05) is 10.0 Å². The van der Waals surface area contributed by atoms with Crippen LogP contribution in [-0.4, -0.2) is 14.2 Å². The summed E-state index contributed by atoms with van der Waals surface area (Å²) in [7, 11) is 3.34. The number of rotatable bonds is 4. The van der Waals surface area contributed by atoms with Crippen molar-refractivity contribution in [1.29, 1.82) is 0 Å². The van der Waals surface area contributed by atoms with E-state index in [0.717, 1.165) is 37.5 Å². The molecule has 5 heteroatoms. The number of halogens is 1. The van der Waals surface area contributed by atoms with Gasteiger partial charge in [-0.2, -0.15) is 0 Å². The van der Waals surface area contributed by atoms with Gasteiger partial charge in [0.15, 0.2) is 0 Å². The number of hydrogen-bond donors (Lipinski definition) is 1. The topological polar surface area (TPSA) is 44.5 Å². The lowest BCUT2D eigenvalue weighted by Crippen LogP contribution is -2.15. The average Bonchev–Trinajstić information content (AvgIpc) is 2.90.